The highest BCUT2D eigenvalue weighted by Gasteiger charge is 2.29. The summed E-state index contributed by atoms with van der Waals surface area (Å²) in [7, 11) is -7.89. The minimum atomic E-state index is -3.65. The first-order chi connectivity index (χ1) is 16.7. The molecule has 0 bridgehead atoms. The van der Waals surface area contributed by atoms with E-state index in [1.165, 1.54) is 8.61 Å². The van der Waals surface area contributed by atoms with E-state index in [-0.39, 0.29) is 0 Å². The molecule has 2 heterocycles. The molecule has 196 valence electrons. The molecule has 0 aromatic heterocycles. The molecule has 0 amide bonds. The monoisotopic (exact) mass is 543 g/mol. The van der Waals surface area contributed by atoms with E-state index in [0.717, 1.165) is 44.1 Å². The summed E-state index contributed by atoms with van der Waals surface area (Å²) in [5.41, 5.74) is 1.00. The molecule has 2 N–H and O–H groups in total. The third kappa shape index (κ3) is 9.35. The molecule has 1 aromatic carbocycles. The fourth-order valence-electron chi connectivity index (χ4n) is 4.50. The zero-order chi connectivity index (χ0) is 25.3. The maximum Gasteiger partial charge on any atom is 0.280 e. The summed E-state index contributed by atoms with van der Waals surface area (Å²) in [5, 5.41) is 0. The minimum Gasteiger partial charge on any atom is -0.195 e. The van der Waals surface area contributed by atoms with E-state index in [4.69, 9.17) is 0 Å². The predicted octanol–water partition coefficient (Wildman–Crippen LogP) is 2.71. The summed E-state index contributed by atoms with van der Waals surface area (Å²) >= 11 is 0. The van der Waals surface area contributed by atoms with Gasteiger partial charge in [0.15, 0.2) is 0 Å². The average Bonchev–Trinajstić information content (AvgIpc) is 2.83. The number of nitrogens with one attached hydrogen (secondary N) is 2. The molecule has 3 rings (SSSR count). The van der Waals surface area contributed by atoms with Crippen molar-refractivity contribution in [2.75, 3.05) is 39.0 Å². The Morgan fingerprint density at radius 3 is 1.77 bits per heavy atom. The molecule has 2 saturated heterocycles. The lowest BCUT2D eigenvalue weighted by Gasteiger charge is -2.28. The topological polar surface area (TPSA) is 98.8 Å². The van der Waals surface area contributed by atoms with Crippen LogP contribution >= 0.6 is 7.55 Å². The van der Waals surface area contributed by atoms with Crippen LogP contribution in [0.5, 0.6) is 0 Å². The summed E-state index contributed by atoms with van der Waals surface area (Å²) in [6, 6.07) is 8.76. The highest BCUT2D eigenvalue weighted by atomic mass is 32.2. The second-order valence-corrected chi connectivity index (χ2v) is 15.0. The smallest absolute Gasteiger partial charge is 0.195 e. The largest absolute Gasteiger partial charge is 0.280 e. The van der Waals surface area contributed by atoms with Gasteiger partial charge >= 0.3 is 0 Å². The second-order valence-electron chi connectivity index (χ2n) is 9.49. The van der Waals surface area contributed by atoms with Gasteiger partial charge in [0.05, 0.1) is 26.6 Å². The molecular weight excluding hydrogens is 503 g/mol. The number of hydrogen-bond donors (Lipinski definition) is 2. The van der Waals surface area contributed by atoms with Crippen molar-refractivity contribution in [3.8, 4) is 0 Å². The predicted molar refractivity (Wildman–Crippen MR) is 147 cm³/mol. The molecule has 35 heavy (non-hydrogen) atoms. The number of rotatable bonds is 12. The third-order valence-corrected chi connectivity index (χ3v) is 10.6. The quantitative estimate of drug-likeness (QED) is 0.313. The number of piperidine rings is 2. The standard InChI is InChI=1S/C24H40N4O4PS2/c1-33(2)21-24(26-35(31,32)28-18-10-5-11-19-28)15-14-23(20-22-12-6-3-7-13-22)25-34(29,30)27-16-8-4-9-17-27/h3,6-7,12-15,23-26H,1,4-5,8-11,16-21H2,2H3/q+1. The van der Waals surface area contributed by atoms with E-state index >= 15 is 0 Å². The van der Waals surface area contributed by atoms with Crippen LogP contribution in [0.15, 0.2) is 42.5 Å². The third-order valence-electron chi connectivity index (χ3n) is 6.29. The SMILES string of the molecule is C=[P+](C)CC(C=CC(Cc1ccccc1)NS(=O)(=O)N1CCCCC1)NS(=O)(=O)N1CCCCC1. The number of benzene rings is 1. The van der Waals surface area contributed by atoms with E-state index in [9.17, 15) is 16.8 Å². The number of nitrogens with zero attached hydrogens (tertiary/aromatic N) is 2. The first-order valence-corrected chi connectivity index (χ1v) is 17.5. The normalized spacial score (nSPS) is 21.1. The van der Waals surface area contributed by atoms with Gasteiger partial charge in [0.2, 0.25) is 0 Å². The molecule has 8 nitrogen and oxygen atoms in total. The van der Waals surface area contributed by atoms with Crippen molar-refractivity contribution in [3.63, 3.8) is 0 Å². The van der Waals surface area contributed by atoms with Gasteiger partial charge in [0.1, 0.15) is 6.16 Å². The van der Waals surface area contributed by atoms with Crippen molar-refractivity contribution in [3.05, 3.63) is 48.0 Å². The van der Waals surface area contributed by atoms with Gasteiger partial charge in [-0.3, -0.25) is 0 Å². The second kappa shape index (κ2) is 13.4. The van der Waals surface area contributed by atoms with Gasteiger partial charge < -0.3 is 0 Å². The van der Waals surface area contributed by atoms with Gasteiger partial charge in [0, 0.05) is 32.2 Å². The van der Waals surface area contributed by atoms with Crippen molar-refractivity contribution < 1.29 is 16.8 Å². The molecule has 3 unspecified atom stereocenters. The van der Waals surface area contributed by atoms with Crippen LogP contribution in [-0.2, 0) is 26.8 Å². The molecule has 1 aromatic rings. The van der Waals surface area contributed by atoms with Crippen molar-refractivity contribution in [2.45, 2.75) is 57.0 Å². The van der Waals surface area contributed by atoms with E-state index in [2.05, 4.69) is 15.7 Å². The van der Waals surface area contributed by atoms with Gasteiger partial charge in [0.25, 0.3) is 20.4 Å². The Kier molecular flexibility index (Phi) is 10.9. The summed E-state index contributed by atoms with van der Waals surface area (Å²) < 4.78 is 60.9. The van der Waals surface area contributed by atoms with E-state index in [1.54, 1.807) is 12.2 Å². The Morgan fingerprint density at radius 2 is 1.29 bits per heavy atom. The maximum atomic E-state index is 13.1. The molecule has 0 spiro atoms. The van der Waals surface area contributed by atoms with Gasteiger partial charge in [-0.2, -0.15) is 34.9 Å². The van der Waals surface area contributed by atoms with Gasteiger partial charge in [-0.15, -0.1) is 0 Å². The van der Waals surface area contributed by atoms with Crippen LogP contribution < -0.4 is 9.44 Å². The molecule has 2 fully saturated rings. The number of hydrogen-bond acceptors (Lipinski definition) is 4. The Hall–Kier alpha value is -1.13. The fraction of sp³-hybridized carbons (Fsp3) is 0.625. The van der Waals surface area contributed by atoms with Crippen molar-refractivity contribution in [2.24, 2.45) is 0 Å². The van der Waals surface area contributed by atoms with Crippen LogP contribution in [0.2, 0.25) is 0 Å². The lowest BCUT2D eigenvalue weighted by Crippen LogP contribution is -2.48. The van der Waals surface area contributed by atoms with Crippen molar-refractivity contribution in [1.29, 1.82) is 0 Å². The fourth-order valence-corrected chi connectivity index (χ4v) is 8.37. The lowest BCUT2D eigenvalue weighted by atomic mass is 10.1. The molecule has 2 aliphatic heterocycles. The molecule has 2 aliphatic rings. The molecule has 11 heteroatoms. The van der Waals surface area contributed by atoms with Crippen LogP contribution in [0.3, 0.4) is 0 Å². The van der Waals surface area contributed by atoms with E-state index in [0.29, 0.717) is 38.8 Å². The van der Waals surface area contributed by atoms with Gasteiger partial charge in [-0.25, -0.2) is 0 Å². The van der Waals surface area contributed by atoms with Crippen LogP contribution in [0.1, 0.15) is 44.1 Å². The van der Waals surface area contributed by atoms with E-state index in [1.807, 2.05) is 37.0 Å². The molecule has 0 saturated carbocycles. The molecule has 0 aliphatic carbocycles. The van der Waals surface area contributed by atoms with Crippen LogP contribution in [0.4, 0.5) is 0 Å². The van der Waals surface area contributed by atoms with Crippen molar-refractivity contribution >= 4 is 34.3 Å². The zero-order valence-electron chi connectivity index (χ0n) is 20.7. The summed E-state index contributed by atoms with van der Waals surface area (Å²) in [5.74, 6) is 0. The highest BCUT2D eigenvalue weighted by molar-refractivity contribution is 7.87. The summed E-state index contributed by atoms with van der Waals surface area (Å²) in [6.07, 6.45) is 14.3. The zero-order valence-corrected chi connectivity index (χ0v) is 23.2. The highest BCUT2D eigenvalue weighted by Crippen LogP contribution is 2.19. The molecular formula is C24H40N4O4PS2+. The summed E-state index contributed by atoms with van der Waals surface area (Å²) in [4.78, 5) is 0. The summed E-state index contributed by atoms with van der Waals surface area (Å²) in [6.45, 7) is 4.12. The molecule has 3 atom stereocenters. The van der Waals surface area contributed by atoms with Crippen LogP contribution in [0, 0.1) is 0 Å². The Labute approximate surface area is 212 Å². The maximum absolute atomic E-state index is 13.1. The van der Waals surface area contributed by atoms with Gasteiger partial charge in [-0.1, -0.05) is 55.3 Å². The van der Waals surface area contributed by atoms with Crippen LogP contribution in [-0.4, -0.2) is 82.8 Å². The van der Waals surface area contributed by atoms with Crippen molar-refractivity contribution in [1.82, 2.24) is 18.1 Å². The lowest BCUT2D eigenvalue weighted by molar-refractivity contribution is 0.339. The van der Waals surface area contributed by atoms with E-state index < -0.39 is 40.0 Å². The Bertz CT molecular complexity index is 1050. The Morgan fingerprint density at radius 1 is 0.829 bits per heavy atom. The van der Waals surface area contributed by atoms with Gasteiger partial charge in [-0.05, 0) is 37.7 Å². The first-order valence-electron chi connectivity index (χ1n) is 12.4. The Balaban J connectivity index is 1.79. The average molecular weight is 544 g/mol. The van der Waals surface area contributed by atoms with Crippen LogP contribution in [0.25, 0.3) is 0 Å². The first kappa shape index (κ1) is 28.4. The molecule has 0 radical (unpaired) electrons. The minimum absolute atomic E-state index is 0.451.